The minimum Gasteiger partial charge on any atom is -0.481 e. The Balaban J connectivity index is 1.60. The molecule has 4 aliphatic rings. The van der Waals surface area contributed by atoms with Gasteiger partial charge < -0.3 is 10.2 Å². The van der Waals surface area contributed by atoms with Gasteiger partial charge in [-0.25, -0.2) is 0 Å². The van der Waals surface area contributed by atoms with E-state index in [1.807, 2.05) is 0 Å². The number of carboxylic acids is 1. The second-order valence-corrected chi connectivity index (χ2v) is 14.3. The maximum absolute atomic E-state index is 13.0. The highest BCUT2D eigenvalue weighted by Gasteiger charge is 2.63. The minimum absolute atomic E-state index is 0.0376. The van der Waals surface area contributed by atoms with Crippen molar-refractivity contribution in [1.82, 2.24) is 0 Å². The Hall–Kier alpha value is -1.16. The summed E-state index contributed by atoms with van der Waals surface area (Å²) in [5, 5.41) is 20.2. The molecule has 0 bridgehead atoms. The van der Waals surface area contributed by atoms with E-state index in [9.17, 15) is 19.8 Å². The summed E-state index contributed by atoms with van der Waals surface area (Å²) in [6, 6.07) is 0. The van der Waals surface area contributed by atoms with E-state index in [1.54, 1.807) is 25.0 Å². The van der Waals surface area contributed by atoms with Gasteiger partial charge in [0.25, 0.3) is 0 Å². The number of Topliss-reactive ketones (excluding diaryl/α,β-unsaturated/α-hetero) is 1. The van der Waals surface area contributed by atoms with Crippen LogP contribution in [0.15, 0.2) is 11.1 Å². The molecular weight excluding hydrogens is 436 g/mol. The van der Waals surface area contributed by atoms with Crippen LogP contribution in [0.3, 0.4) is 0 Å². The third-order valence-corrected chi connectivity index (χ3v) is 12.7. The third kappa shape index (κ3) is 3.79. The standard InChI is InChI=1S/C31H50O4/c1-18(17-24(32)19(2)20(3)27(34)35)21-11-15-31(8)23-9-10-25-28(4,5)26(33)13-14-29(25,6)22(23)12-16-30(21,31)7/h18-21,25-26,33H,9-17H2,1-8H3,(H,34,35)/t18-,19?,20?,21-,25+,26-,29-,30-,31+/m1/s1. The molecule has 0 radical (unpaired) electrons. The summed E-state index contributed by atoms with van der Waals surface area (Å²) in [6.07, 6.45) is 9.31. The van der Waals surface area contributed by atoms with E-state index in [1.165, 1.54) is 19.3 Å². The average Bonchev–Trinajstić information content (AvgIpc) is 3.07. The molecule has 0 aromatic carbocycles. The van der Waals surface area contributed by atoms with Crippen molar-refractivity contribution in [3.63, 3.8) is 0 Å². The first-order valence-corrected chi connectivity index (χ1v) is 14.3. The summed E-state index contributed by atoms with van der Waals surface area (Å²) in [7, 11) is 0. The maximum atomic E-state index is 13.0. The van der Waals surface area contributed by atoms with Crippen LogP contribution in [-0.4, -0.2) is 28.1 Å². The molecule has 4 rings (SSSR count). The van der Waals surface area contributed by atoms with E-state index in [2.05, 4.69) is 41.5 Å². The van der Waals surface area contributed by atoms with E-state index in [-0.39, 0.29) is 39.5 Å². The number of carbonyl (C=O) groups excluding carboxylic acids is 1. The van der Waals surface area contributed by atoms with Crippen LogP contribution in [0.5, 0.6) is 0 Å². The molecule has 9 atom stereocenters. The molecule has 0 aliphatic heterocycles. The van der Waals surface area contributed by atoms with Crippen LogP contribution in [-0.2, 0) is 9.59 Å². The van der Waals surface area contributed by atoms with E-state index in [0.29, 0.717) is 18.3 Å². The van der Waals surface area contributed by atoms with Gasteiger partial charge >= 0.3 is 5.97 Å². The molecule has 2 N–H and O–H groups in total. The van der Waals surface area contributed by atoms with Crippen molar-refractivity contribution in [3.8, 4) is 0 Å². The van der Waals surface area contributed by atoms with Crippen molar-refractivity contribution in [2.45, 2.75) is 119 Å². The minimum atomic E-state index is -0.881. The molecule has 0 spiro atoms. The normalized spacial score (nSPS) is 42.9. The number of aliphatic hydroxyl groups is 1. The zero-order valence-electron chi connectivity index (χ0n) is 23.5. The number of aliphatic carboxylic acids is 1. The molecule has 0 aromatic heterocycles. The summed E-state index contributed by atoms with van der Waals surface area (Å²) < 4.78 is 0. The molecule has 0 amide bonds. The predicted molar refractivity (Wildman–Crippen MR) is 140 cm³/mol. The smallest absolute Gasteiger partial charge is 0.306 e. The van der Waals surface area contributed by atoms with Gasteiger partial charge in [-0.1, -0.05) is 66.5 Å². The van der Waals surface area contributed by atoms with Gasteiger partial charge in [-0.15, -0.1) is 0 Å². The van der Waals surface area contributed by atoms with Gasteiger partial charge in [0, 0.05) is 12.3 Å². The van der Waals surface area contributed by atoms with Crippen LogP contribution >= 0.6 is 0 Å². The van der Waals surface area contributed by atoms with Crippen molar-refractivity contribution < 1.29 is 19.8 Å². The van der Waals surface area contributed by atoms with Gasteiger partial charge in [-0.3, -0.25) is 9.59 Å². The van der Waals surface area contributed by atoms with Crippen molar-refractivity contribution in [1.29, 1.82) is 0 Å². The first-order chi connectivity index (χ1) is 16.1. The molecule has 2 unspecified atom stereocenters. The summed E-state index contributed by atoms with van der Waals surface area (Å²) >= 11 is 0. The second kappa shape index (κ2) is 8.71. The lowest BCUT2D eigenvalue weighted by molar-refractivity contribution is -0.145. The van der Waals surface area contributed by atoms with Gasteiger partial charge in [-0.05, 0) is 90.8 Å². The van der Waals surface area contributed by atoms with Crippen LogP contribution < -0.4 is 0 Å². The number of fused-ring (bicyclic) bond motifs is 4. The fourth-order valence-electron chi connectivity index (χ4n) is 9.77. The highest BCUT2D eigenvalue weighted by atomic mass is 16.4. The molecule has 4 aliphatic carbocycles. The number of carbonyl (C=O) groups is 2. The second-order valence-electron chi connectivity index (χ2n) is 14.3. The number of ketones is 1. The first-order valence-electron chi connectivity index (χ1n) is 14.3. The van der Waals surface area contributed by atoms with Crippen LogP contribution in [0.2, 0.25) is 0 Å². The summed E-state index contributed by atoms with van der Waals surface area (Å²) in [5.41, 5.74) is 3.97. The molecule has 0 saturated heterocycles. The lowest BCUT2D eigenvalue weighted by atomic mass is 9.43. The SMILES string of the molecule is CC(C(=O)O)C(C)C(=O)C[C@@H](C)[C@H]1CC[C@@]2(C)C3=C(CC[C@]12C)[C@@]1(C)CC[C@@H](O)C(C)(C)[C@@H]1CC3. The van der Waals surface area contributed by atoms with Gasteiger partial charge in [0.05, 0.1) is 12.0 Å². The first kappa shape index (κ1) is 26.9. The molecule has 4 heteroatoms. The summed E-state index contributed by atoms with van der Waals surface area (Å²) in [5.74, 6) is -0.530. The lowest BCUT2D eigenvalue weighted by Gasteiger charge is -2.62. The fraction of sp³-hybridized carbons (Fsp3) is 0.871. The highest BCUT2D eigenvalue weighted by Crippen LogP contribution is 2.72. The lowest BCUT2D eigenvalue weighted by Crippen LogP contribution is -2.55. The van der Waals surface area contributed by atoms with Crippen molar-refractivity contribution in [3.05, 3.63) is 11.1 Å². The van der Waals surface area contributed by atoms with Crippen molar-refractivity contribution >= 4 is 11.8 Å². The number of allylic oxidation sites excluding steroid dienone is 2. The number of hydrogen-bond acceptors (Lipinski definition) is 3. The molecule has 4 nitrogen and oxygen atoms in total. The largest absolute Gasteiger partial charge is 0.481 e. The van der Waals surface area contributed by atoms with E-state index < -0.39 is 17.8 Å². The molecule has 2 saturated carbocycles. The van der Waals surface area contributed by atoms with Gasteiger partial charge in [0.1, 0.15) is 5.78 Å². The Morgan fingerprint density at radius 2 is 1.54 bits per heavy atom. The Bertz CT molecular complexity index is 917. The summed E-state index contributed by atoms with van der Waals surface area (Å²) in [4.78, 5) is 24.4. The Labute approximate surface area is 213 Å². The molecule has 0 heterocycles. The van der Waals surface area contributed by atoms with Crippen LogP contribution in [0.1, 0.15) is 113 Å². The topological polar surface area (TPSA) is 74.6 Å². The zero-order chi connectivity index (χ0) is 26.1. The van der Waals surface area contributed by atoms with Gasteiger partial charge in [-0.2, -0.15) is 0 Å². The van der Waals surface area contributed by atoms with Crippen LogP contribution in [0, 0.1) is 51.2 Å². The van der Waals surface area contributed by atoms with Crippen LogP contribution in [0.4, 0.5) is 0 Å². The monoisotopic (exact) mass is 486 g/mol. The van der Waals surface area contributed by atoms with Crippen molar-refractivity contribution in [2.75, 3.05) is 0 Å². The molecule has 0 aromatic rings. The molecule has 198 valence electrons. The molecule has 35 heavy (non-hydrogen) atoms. The number of hydrogen-bond donors (Lipinski definition) is 2. The van der Waals surface area contributed by atoms with Crippen LogP contribution in [0.25, 0.3) is 0 Å². The fourth-order valence-corrected chi connectivity index (χ4v) is 9.77. The zero-order valence-corrected chi connectivity index (χ0v) is 23.5. The van der Waals surface area contributed by atoms with Gasteiger partial charge in [0.2, 0.25) is 0 Å². The number of aliphatic hydroxyl groups excluding tert-OH is 1. The van der Waals surface area contributed by atoms with Gasteiger partial charge in [0.15, 0.2) is 0 Å². The Kier molecular flexibility index (Phi) is 6.69. The highest BCUT2D eigenvalue weighted by molar-refractivity contribution is 5.85. The van der Waals surface area contributed by atoms with Crippen molar-refractivity contribution in [2.24, 2.45) is 51.2 Å². The number of carboxylic acid groups (broad SMARTS) is 1. The summed E-state index contributed by atoms with van der Waals surface area (Å²) in [6.45, 7) is 17.8. The Morgan fingerprint density at radius 3 is 2.17 bits per heavy atom. The Morgan fingerprint density at radius 1 is 0.886 bits per heavy atom. The van der Waals surface area contributed by atoms with E-state index in [4.69, 9.17) is 0 Å². The predicted octanol–water partition coefficient (Wildman–Crippen LogP) is 7.05. The quantitative estimate of drug-likeness (QED) is 0.395. The van der Waals surface area contributed by atoms with E-state index in [0.717, 1.165) is 32.1 Å². The van der Waals surface area contributed by atoms with E-state index >= 15 is 0 Å². The molecular formula is C31H50O4. The molecule has 2 fully saturated rings. The average molecular weight is 487 g/mol. The third-order valence-electron chi connectivity index (χ3n) is 12.7. The number of rotatable bonds is 6. The maximum Gasteiger partial charge on any atom is 0.306 e.